The normalized spacial score (nSPS) is 17.7. The van der Waals surface area contributed by atoms with E-state index in [1.54, 1.807) is 24.3 Å². The molecule has 2 N–H and O–H groups in total. The summed E-state index contributed by atoms with van der Waals surface area (Å²) >= 11 is 0. The Morgan fingerprint density at radius 3 is 2.28 bits per heavy atom. The van der Waals surface area contributed by atoms with Crippen molar-refractivity contribution < 1.29 is 14.3 Å². The van der Waals surface area contributed by atoms with E-state index < -0.39 is 0 Å². The van der Waals surface area contributed by atoms with Crippen LogP contribution in [0.15, 0.2) is 24.3 Å². The molecule has 1 heterocycles. The lowest BCUT2D eigenvalue weighted by molar-refractivity contribution is -0.118. The zero-order chi connectivity index (χ0) is 18.4. The largest absolute Gasteiger partial charge is 0.377 e. The van der Waals surface area contributed by atoms with E-state index in [4.69, 9.17) is 4.74 Å². The van der Waals surface area contributed by atoms with Crippen LogP contribution in [-0.2, 0) is 9.53 Å². The Morgan fingerprint density at radius 1 is 1.12 bits per heavy atom. The van der Waals surface area contributed by atoms with Gasteiger partial charge in [0, 0.05) is 23.8 Å². The van der Waals surface area contributed by atoms with Crippen LogP contribution < -0.4 is 10.6 Å². The van der Waals surface area contributed by atoms with E-state index in [0.29, 0.717) is 31.4 Å². The van der Waals surface area contributed by atoms with Crippen LogP contribution in [0.1, 0.15) is 34.1 Å². The Kier molecular flexibility index (Phi) is 6.82. The maximum absolute atomic E-state index is 12.6. The highest BCUT2D eigenvalue weighted by Gasteiger charge is 2.27. The van der Waals surface area contributed by atoms with Gasteiger partial charge in [0.2, 0.25) is 5.91 Å². The second-order valence-corrected chi connectivity index (χ2v) is 7.20. The highest BCUT2D eigenvalue weighted by atomic mass is 16.5. The number of carbonyl (C=O) groups excluding carboxylic acids is 2. The number of nitrogens with one attached hydrogen (secondary N) is 2. The molecular weight excluding hydrogens is 318 g/mol. The number of ether oxygens (including phenoxy) is 1. The smallest absolute Gasteiger partial charge is 0.322 e. The second kappa shape index (κ2) is 8.85. The molecule has 0 aliphatic carbocycles. The van der Waals surface area contributed by atoms with Gasteiger partial charge in [0.15, 0.2) is 0 Å². The molecule has 1 aliphatic heterocycles. The lowest BCUT2D eigenvalue weighted by Gasteiger charge is -2.36. The minimum atomic E-state index is -0.104. The van der Waals surface area contributed by atoms with Gasteiger partial charge in [-0.25, -0.2) is 4.79 Å². The molecule has 0 spiro atoms. The predicted octanol–water partition coefficient (Wildman–Crippen LogP) is 3.56. The Morgan fingerprint density at radius 2 is 1.72 bits per heavy atom. The number of anilines is 2. The molecule has 1 atom stereocenters. The number of carbonyl (C=O) groups is 2. The minimum Gasteiger partial charge on any atom is -0.377 e. The maximum Gasteiger partial charge on any atom is 0.322 e. The van der Waals surface area contributed by atoms with E-state index in [1.165, 1.54) is 0 Å². The average Bonchev–Trinajstić information content (AvgIpc) is 2.56. The number of urea groups is 1. The van der Waals surface area contributed by atoms with Crippen LogP contribution in [0.5, 0.6) is 0 Å². The van der Waals surface area contributed by atoms with E-state index in [-0.39, 0.29) is 23.9 Å². The van der Waals surface area contributed by atoms with Gasteiger partial charge in [0.05, 0.1) is 19.3 Å². The zero-order valence-corrected chi connectivity index (χ0v) is 15.5. The summed E-state index contributed by atoms with van der Waals surface area (Å²) in [6, 6.07) is 7.19. The lowest BCUT2D eigenvalue weighted by atomic mass is 10.0. The lowest BCUT2D eigenvalue weighted by Crippen LogP contribution is -2.50. The van der Waals surface area contributed by atoms with E-state index in [1.807, 2.05) is 18.7 Å². The van der Waals surface area contributed by atoms with Crippen LogP contribution in [0.25, 0.3) is 0 Å². The molecule has 1 aromatic carbocycles. The molecule has 0 radical (unpaired) electrons. The molecule has 0 bridgehead atoms. The first kappa shape index (κ1) is 19.2. The monoisotopic (exact) mass is 347 g/mol. The quantitative estimate of drug-likeness (QED) is 0.855. The van der Waals surface area contributed by atoms with Crippen molar-refractivity contribution in [2.75, 3.05) is 30.4 Å². The predicted molar refractivity (Wildman–Crippen MR) is 99.7 cm³/mol. The van der Waals surface area contributed by atoms with Crippen LogP contribution >= 0.6 is 0 Å². The summed E-state index contributed by atoms with van der Waals surface area (Å²) < 4.78 is 5.52. The van der Waals surface area contributed by atoms with Gasteiger partial charge in [-0.1, -0.05) is 27.7 Å². The first-order valence-electron chi connectivity index (χ1n) is 8.93. The summed E-state index contributed by atoms with van der Waals surface area (Å²) in [5.41, 5.74) is 1.43. The summed E-state index contributed by atoms with van der Waals surface area (Å²) in [7, 11) is 0. The summed E-state index contributed by atoms with van der Waals surface area (Å²) in [5, 5.41) is 5.77. The first-order chi connectivity index (χ1) is 11.9. The van der Waals surface area contributed by atoms with E-state index in [9.17, 15) is 9.59 Å². The Hall–Kier alpha value is -2.08. The number of morpholine rings is 1. The van der Waals surface area contributed by atoms with E-state index in [2.05, 4.69) is 24.5 Å². The van der Waals surface area contributed by atoms with Crippen LogP contribution in [0.2, 0.25) is 0 Å². The molecule has 0 aromatic heterocycles. The number of hydrogen-bond acceptors (Lipinski definition) is 3. The third-order valence-corrected chi connectivity index (χ3v) is 4.16. The summed E-state index contributed by atoms with van der Waals surface area (Å²) in [5.74, 6) is 0.408. The Bertz CT molecular complexity index is 584. The van der Waals surface area contributed by atoms with Crippen molar-refractivity contribution in [1.82, 2.24) is 4.90 Å². The molecule has 1 aliphatic rings. The summed E-state index contributed by atoms with van der Waals surface area (Å²) in [6.07, 6.45) is 0.924. The number of benzene rings is 1. The van der Waals surface area contributed by atoms with Gasteiger partial charge in [0.1, 0.15) is 0 Å². The van der Waals surface area contributed by atoms with Crippen LogP contribution in [-0.4, -0.2) is 42.6 Å². The molecule has 25 heavy (non-hydrogen) atoms. The van der Waals surface area contributed by atoms with E-state index in [0.717, 1.165) is 12.1 Å². The zero-order valence-electron chi connectivity index (χ0n) is 15.5. The highest BCUT2D eigenvalue weighted by molar-refractivity contribution is 5.93. The number of nitrogens with zero attached hydrogens (tertiary/aromatic N) is 1. The van der Waals surface area contributed by atoms with Gasteiger partial charge in [0.25, 0.3) is 0 Å². The van der Waals surface area contributed by atoms with Crippen molar-refractivity contribution in [2.45, 2.75) is 40.2 Å². The van der Waals surface area contributed by atoms with Crippen LogP contribution in [0.3, 0.4) is 0 Å². The third-order valence-electron chi connectivity index (χ3n) is 4.16. The third kappa shape index (κ3) is 5.74. The van der Waals surface area contributed by atoms with Crippen molar-refractivity contribution in [2.24, 2.45) is 11.8 Å². The van der Waals surface area contributed by atoms with Gasteiger partial charge >= 0.3 is 6.03 Å². The van der Waals surface area contributed by atoms with Crippen molar-refractivity contribution >= 4 is 23.3 Å². The number of hydrogen-bond donors (Lipinski definition) is 2. The Balaban J connectivity index is 1.96. The van der Waals surface area contributed by atoms with Gasteiger partial charge in [-0.2, -0.15) is 0 Å². The van der Waals surface area contributed by atoms with E-state index >= 15 is 0 Å². The molecule has 0 unspecified atom stereocenters. The maximum atomic E-state index is 12.6. The fraction of sp³-hybridized carbons (Fsp3) is 0.579. The SMILES string of the molecule is CC(C)C[C@H]1COCCN1C(=O)Nc1ccc(NC(=O)C(C)C)cc1. The molecular formula is C19H29N3O3. The van der Waals surface area contributed by atoms with Gasteiger partial charge in [-0.3, -0.25) is 4.79 Å². The standard InChI is InChI=1S/C19H29N3O3/c1-13(2)11-17-12-25-10-9-22(17)19(24)21-16-7-5-15(6-8-16)20-18(23)14(3)4/h5-8,13-14,17H,9-12H2,1-4H3,(H,20,23)(H,21,24)/t17-/m0/s1. The van der Waals surface area contributed by atoms with Gasteiger partial charge in [-0.15, -0.1) is 0 Å². The number of amides is 3. The molecule has 3 amide bonds. The van der Waals surface area contributed by atoms with Crippen molar-refractivity contribution in [3.63, 3.8) is 0 Å². The summed E-state index contributed by atoms with van der Waals surface area (Å²) in [6.45, 7) is 9.75. The first-order valence-corrected chi connectivity index (χ1v) is 8.93. The molecule has 1 saturated heterocycles. The topological polar surface area (TPSA) is 70.7 Å². The summed E-state index contributed by atoms with van der Waals surface area (Å²) in [4.78, 5) is 26.2. The highest BCUT2D eigenvalue weighted by Crippen LogP contribution is 2.19. The molecule has 6 heteroatoms. The van der Waals surface area contributed by atoms with Crippen molar-refractivity contribution in [3.05, 3.63) is 24.3 Å². The van der Waals surface area contributed by atoms with Crippen LogP contribution in [0, 0.1) is 11.8 Å². The fourth-order valence-electron chi connectivity index (χ4n) is 2.78. The minimum absolute atomic E-state index is 0.0263. The average molecular weight is 347 g/mol. The molecule has 1 aromatic rings. The molecule has 6 nitrogen and oxygen atoms in total. The molecule has 0 saturated carbocycles. The molecule has 138 valence electrons. The van der Waals surface area contributed by atoms with Crippen molar-refractivity contribution in [3.8, 4) is 0 Å². The Labute approximate surface area is 149 Å². The fourth-order valence-corrected chi connectivity index (χ4v) is 2.78. The van der Waals surface area contributed by atoms with Crippen LogP contribution in [0.4, 0.5) is 16.2 Å². The molecule has 1 fully saturated rings. The molecule has 2 rings (SSSR count). The van der Waals surface area contributed by atoms with Gasteiger partial charge < -0.3 is 20.3 Å². The number of rotatable bonds is 5. The second-order valence-electron chi connectivity index (χ2n) is 7.20. The van der Waals surface area contributed by atoms with Crippen molar-refractivity contribution in [1.29, 1.82) is 0 Å². The van der Waals surface area contributed by atoms with Gasteiger partial charge in [-0.05, 0) is 36.6 Å².